The zero-order chi connectivity index (χ0) is 24.1. The number of aromatic nitrogens is 4. The van der Waals surface area contributed by atoms with Gasteiger partial charge in [-0.05, 0) is 24.3 Å². The number of benzene rings is 1. The van der Waals surface area contributed by atoms with Crippen LogP contribution in [0, 0.1) is 0 Å². The van der Waals surface area contributed by atoms with Crippen molar-refractivity contribution in [2.75, 3.05) is 13.1 Å². The molecular weight excluding hydrogens is 469 g/mol. The van der Waals surface area contributed by atoms with E-state index >= 15 is 0 Å². The molecule has 8 nitrogen and oxygen atoms in total. The lowest BCUT2D eigenvalue weighted by Crippen LogP contribution is -2.35. The van der Waals surface area contributed by atoms with E-state index in [1.165, 1.54) is 17.5 Å². The Hall–Kier alpha value is -4.06. The molecule has 1 aromatic carbocycles. The van der Waals surface area contributed by atoms with Crippen LogP contribution in [0.25, 0.3) is 16.4 Å². The van der Waals surface area contributed by atoms with Crippen LogP contribution in [-0.2, 0) is 6.18 Å². The lowest BCUT2D eigenvalue weighted by atomic mass is 10.2. The molecule has 0 saturated heterocycles. The Morgan fingerprint density at radius 3 is 2.32 bits per heavy atom. The molecule has 0 unspecified atom stereocenters. The number of hydrogen-bond acceptors (Lipinski definition) is 6. The summed E-state index contributed by atoms with van der Waals surface area (Å²) in [5, 5.41) is 11.1. The summed E-state index contributed by atoms with van der Waals surface area (Å²) in [4.78, 5) is 33.0. The van der Waals surface area contributed by atoms with E-state index in [1.54, 1.807) is 48.7 Å². The second-order valence-electron chi connectivity index (χ2n) is 6.95. The van der Waals surface area contributed by atoms with E-state index in [1.807, 2.05) is 5.38 Å². The van der Waals surface area contributed by atoms with Crippen molar-refractivity contribution < 1.29 is 22.8 Å². The summed E-state index contributed by atoms with van der Waals surface area (Å²) >= 11 is 1.42. The van der Waals surface area contributed by atoms with Crippen molar-refractivity contribution >= 4 is 23.2 Å². The van der Waals surface area contributed by atoms with Crippen LogP contribution in [0.1, 0.15) is 26.4 Å². The number of hydrogen-bond donors (Lipinski definition) is 2. The third-order valence-electron chi connectivity index (χ3n) is 4.62. The smallest absolute Gasteiger partial charge is 0.350 e. The molecule has 0 bridgehead atoms. The van der Waals surface area contributed by atoms with Gasteiger partial charge < -0.3 is 10.6 Å². The number of alkyl halides is 3. The van der Waals surface area contributed by atoms with Crippen LogP contribution in [0.5, 0.6) is 0 Å². The highest BCUT2D eigenvalue weighted by atomic mass is 32.1. The molecule has 2 N–H and O–H groups in total. The summed E-state index contributed by atoms with van der Waals surface area (Å²) in [7, 11) is 0. The largest absolute Gasteiger partial charge is 0.435 e. The predicted molar refractivity (Wildman–Crippen MR) is 119 cm³/mol. The lowest BCUT2D eigenvalue weighted by molar-refractivity contribution is -0.141. The van der Waals surface area contributed by atoms with Crippen molar-refractivity contribution in [3.63, 3.8) is 0 Å². The zero-order valence-corrected chi connectivity index (χ0v) is 18.2. The minimum Gasteiger partial charge on any atom is -0.350 e. The quantitative estimate of drug-likeness (QED) is 0.389. The molecule has 0 aliphatic carbocycles. The highest BCUT2D eigenvalue weighted by molar-refractivity contribution is 7.13. The Morgan fingerprint density at radius 1 is 0.971 bits per heavy atom. The molecule has 3 heterocycles. The number of pyridine rings is 1. The van der Waals surface area contributed by atoms with Crippen LogP contribution in [0.3, 0.4) is 0 Å². The van der Waals surface area contributed by atoms with E-state index in [9.17, 15) is 22.8 Å². The van der Waals surface area contributed by atoms with Gasteiger partial charge in [0, 0.05) is 37.1 Å². The van der Waals surface area contributed by atoms with Crippen molar-refractivity contribution in [1.29, 1.82) is 0 Å². The molecule has 174 valence electrons. The molecule has 0 fully saturated rings. The van der Waals surface area contributed by atoms with Crippen molar-refractivity contribution in [2.45, 2.75) is 6.18 Å². The Balaban J connectivity index is 1.35. The number of para-hydroxylation sites is 1. The van der Waals surface area contributed by atoms with E-state index in [-0.39, 0.29) is 13.1 Å². The molecule has 4 aromatic rings. The second kappa shape index (κ2) is 9.83. The van der Waals surface area contributed by atoms with Crippen LogP contribution >= 0.6 is 11.3 Å². The van der Waals surface area contributed by atoms with Gasteiger partial charge in [0.1, 0.15) is 5.01 Å². The molecule has 0 aliphatic heterocycles. The van der Waals surface area contributed by atoms with Gasteiger partial charge in [0.2, 0.25) is 0 Å². The fraction of sp³-hybridized carbons (Fsp3) is 0.136. The lowest BCUT2D eigenvalue weighted by Gasteiger charge is -2.08. The van der Waals surface area contributed by atoms with E-state index in [0.29, 0.717) is 16.9 Å². The Labute approximate surface area is 195 Å². The van der Waals surface area contributed by atoms with E-state index in [0.717, 1.165) is 15.9 Å². The summed E-state index contributed by atoms with van der Waals surface area (Å²) in [6, 6.07) is 11.4. The van der Waals surface area contributed by atoms with Gasteiger partial charge in [0.25, 0.3) is 11.8 Å². The molecule has 2 amide bonds. The van der Waals surface area contributed by atoms with Crippen LogP contribution in [0.4, 0.5) is 13.2 Å². The fourth-order valence-corrected chi connectivity index (χ4v) is 3.63. The number of nitrogens with one attached hydrogen (secondary N) is 2. The van der Waals surface area contributed by atoms with Gasteiger partial charge in [-0.15, -0.1) is 11.3 Å². The number of nitrogens with zero attached hydrogens (tertiary/aromatic N) is 4. The van der Waals surface area contributed by atoms with Gasteiger partial charge in [-0.3, -0.25) is 14.6 Å². The topological polar surface area (TPSA) is 102 Å². The maximum Gasteiger partial charge on any atom is 0.435 e. The minimum atomic E-state index is -4.81. The molecular formula is C22H17F3N6O2S. The normalized spacial score (nSPS) is 11.3. The molecule has 0 aliphatic rings. The Morgan fingerprint density at radius 2 is 1.71 bits per heavy atom. The van der Waals surface area contributed by atoms with E-state index in [2.05, 4.69) is 25.7 Å². The zero-order valence-electron chi connectivity index (χ0n) is 17.4. The van der Waals surface area contributed by atoms with Crippen LogP contribution in [0.2, 0.25) is 0 Å². The maximum absolute atomic E-state index is 13.4. The first-order chi connectivity index (χ1) is 16.3. The maximum atomic E-state index is 13.4. The molecule has 3 aromatic heterocycles. The average Bonchev–Trinajstić information content (AvgIpc) is 3.53. The first-order valence-electron chi connectivity index (χ1n) is 9.97. The average molecular weight is 486 g/mol. The Bertz CT molecular complexity index is 1270. The van der Waals surface area contributed by atoms with Gasteiger partial charge in [0.05, 0.1) is 22.5 Å². The van der Waals surface area contributed by atoms with Crippen LogP contribution < -0.4 is 10.6 Å². The highest BCUT2D eigenvalue weighted by Gasteiger charge is 2.39. The number of rotatable bonds is 7. The first kappa shape index (κ1) is 23.1. The van der Waals surface area contributed by atoms with Crippen LogP contribution in [-0.4, -0.2) is 44.7 Å². The number of halogens is 3. The third-order valence-corrected chi connectivity index (χ3v) is 5.42. The molecule has 0 saturated carbocycles. The van der Waals surface area contributed by atoms with Gasteiger partial charge in [-0.25, -0.2) is 9.67 Å². The summed E-state index contributed by atoms with van der Waals surface area (Å²) in [5.41, 5.74) is -0.576. The van der Waals surface area contributed by atoms with Gasteiger partial charge in [-0.2, -0.15) is 18.3 Å². The SMILES string of the molecule is O=C(NCCNC(=O)c1cn(-c2ccccc2)nc1C(F)(F)F)c1ccc(-c2nccs2)nc1. The number of amides is 2. The highest BCUT2D eigenvalue weighted by Crippen LogP contribution is 2.31. The first-order valence-corrected chi connectivity index (χ1v) is 10.9. The second-order valence-corrected chi connectivity index (χ2v) is 7.84. The number of carbonyl (C=O) groups is 2. The molecule has 4 rings (SSSR count). The molecule has 0 radical (unpaired) electrons. The number of thiazole rings is 1. The Kier molecular flexibility index (Phi) is 6.68. The van der Waals surface area contributed by atoms with Gasteiger partial charge in [-0.1, -0.05) is 18.2 Å². The van der Waals surface area contributed by atoms with Crippen molar-refractivity contribution in [3.05, 3.63) is 83.3 Å². The van der Waals surface area contributed by atoms with E-state index < -0.39 is 29.2 Å². The predicted octanol–water partition coefficient (Wildman–Crippen LogP) is 3.57. The van der Waals surface area contributed by atoms with Crippen molar-refractivity contribution in [1.82, 2.24) is 30.4 Å². The third kappa shape index (κ3) is 5.29. The van der Waals surface area contributed by atoms with Crippen LogP contribution in [0.15, 0.2) is 66.4 Å². The van der Waals surface area contributed by atoms with Crippen molar-refractivity contribution in [2.24, 2.45) is 0 Å². The number of carbonyl (C=O) groups excluding carboxylic acids is 2. The molecule has 34 heavy (non-hydrogen) atoms. The standard InChI is InChI=1S/C22H17F3N6O2S/c23-22(24,25)18-16(13-31(30-18)15-4-2-1-3-5-15)20(33)27-9-8-26-19(32)14-6-7-17(29-12-14)21-28-10-11-34-21/h1-7,10-13H,8-9H2,(H,26,32)(H,27,33). The van der Waals surface area contributed by atoms with Gasteiger partial charge >= 0.3 is 6.18 Å². The minimum absolute atomic E-state index is 0.00692. The fourth-order valence-electron chi connectivity index (χ4n) is 3.02. The van der Waals surface area contributed by atoms with Gasteiger partial charge in [0.15, 0.2) is 5.69 Å². The monoisotopic (exact) mass is 486 g/mol. The summed E-state index contributed by atoms with van der Waals surface area (Å²) in [6.45, 7) is -0.0734. The summed E-state index contributed by atoms with van der Waals surface area (Å²) in [6.07, 6.45) is -0.723. The molecule has 0 spiro atoms. The molecule has 0 atom stereocenters. The van der Waals surface area contributed by atoms with Crippen molar-refractivity contribution in [3.8, 4) is 16.4 Å². The van der Waals surface area contributed by atoms with E-state index in [4.69, 9.17) is 0 Å². The summed E-state index contributed by atoms with van der Waals surface area (Å²) in [5.74, 6) is -1.38. The molecule has 12 heteroatoms. The summed E-state index contributed by atoms with van der Waals surface area (Å²) < 4.78 is 41.2.